The van der Waals surface area contributed by atoms with Crippen LogP contribution in [0.15, 0.2) is 22.4 Å². The molecule has 4 heteroatoms. The Bertz CT molecular complexity index is 273. The average Bonchev–Trinajstić information content (AvgIpc) is 2.32. The van der Waals surface area contributed by atoms with Crippen LogP contribution in [0.1, 0.15) is 12.8 Å². The molecule has 2 aliphatic rings. The third-order valence-electron chi connectivity index (χ3n) is 2.46. The van der Waals surface area contributed by atoms with Gasteiger partial charge in [-0.05, 0) is 18.8 Å². The van der Waals surface area contributed by atoms with E-state index in [0.29, 0.717) is 11.8 Å². The highest BCUT2D eigenvalue weighted by Gasteiger charge is 2.37. The van der Waals surface area contributed by atoms with Crippen LogP contribution in [0, 0.1) is 11.8 Å². The van der Waals surface area contributed by atoms with Crippen molar-refractivity contribution in [3.05, 3.63) is 12.2 Å². The number of allylic oxidation sites excluding steroid dienone is 2. The second kappa shape index (κ2) is 2.62. The number of rotatable bonds is 1. The smallest absolute Gasteiger partial charge is 0.211 e. The van der Waals surface area contributed by atoms with Crippen LogP contribution in [-0.2, 0) is 0 Å². The first-order valence-electron chi connectivity index (χ1n) is 4.09. The molecule has 1 fully saturated rings. The Labute approximate surface area is 71.0 Å². The first-order chi connectivity index (χ1) is 5.77. The number of guanidine groups is 1. The molecule has 64 valence electrons. The van der Waals surface area contributed by atoms with Gasteiger partial charge in [0, 0.05) is 11.6 Å². The van der Waals surface area contributed by atoms with Crippen LogP contribution in [0.3, 0.4) is 0 Å². The molecule has 0 bridgehead atoms. The van der Waals surface area contributed by atoms with Gasteiger partial charge in [0.05, 0.1) is 0 Å². The molecule has 0 radical (unpaired) electrons. The highest BCUT2D eigenvalue weighted by atomic mass is 15.3. The summed E-state index contributed by atoms with van der Waals surface area (Å²) in [6.07, 6.45) is 6.58. The summed E-state index contributed by atoms with van der Waals surface area (Å²) in [5.74, 6) is 1.34. The second-order valence-electron chi connectivity index (χ2n) is 3.25. The molecular formula is C8H12N4. The van der Waals surface area contributed by atoms with Gasteiger partial charge >= 0.3 is 0 Å². The van der Waals surface area contributed by atoms with Gasteiger partial charge in [0.1, 0.15) is 0 Å². The summed E-state index contributed by atoms with van der Waals surface area (Å²) in [7, 11) is 0. The van der Waals surface area contributed by atoms with E-state index >= 15 is 0 Å². The molecule has 4 N–H and O–H groups in total. The quantitative estimate of drug-likeness (QED) is 0.251. The summed E-state index contributed by atoms with van der Waals surface area (Å²) in [5.41, 5.74) is 11.5. The van der Waals surface area contributed by atoms with Crippen molar-refractivity contribution in [1.82, 2.24) is 0 Å². The van der Waals surface area contributed by atoms with E-state index in [0.717, 1.165) is 18.6 Å². The van der Waals surface area contributed by atoms with Gasteiger partial charge in [-0.15, -0.1) is 5.10 Å². The van der Waals surface area contributed by atoms with Gasteiger partial charge in [-0.3, -0.25) is 0 Å². The van der Waals surface area contributed by atoms with Crippen LogP contribution in [0.25, 0.3) is 0 Å². The van der Waals surface area contributed by atoms with Crippen LogP contribution in [0.5, 0.6) is 0 Å². The van der Waals surface area contributed by atoms with Gasteiger partial charge < -0.3 is 11.5 Å². The van der Waals surface area contributed by atoms with E-state index in [1.165, 1.54) is 0 Å². The van der Waals surface area contributed by atoms with Gasteiger partial charge in [-0.2, -0.15) is 5.10 Å². The number of fused-ring (bicyclic) bond motifs is 1. The van der Waals surface area contributed by atoms with E-state index in [1.54, 1.807) is 0 Å². The maximum Gasteiger partial charge on any atom is 0.211 e. The molecule has 2 atom stereocenters. The summed E-state index contributed by atoms with van der Waals surface area (Å²) in [5, 5.41) is 7.63. The summed E-state index contributed by atoms with van der Waals surface area (Å²) in [6.45, 7) is 0. The third-order valence-corrected chi connectivity index (χ3v) is 2.46. The van der Waals surface area contributed by atoms with E-state index in [-0.39, 0.29) is 5.96 Å². The molecule has 2 unspecified atom stereocenters. The first-order valence-corrected chi connectivity index (χ1v) is 4.09. The fourth-order valence-corrected chi connectivity index (χ4v) is 1.77. The lowest BCUT2D eigenvalue weighted by Crippen LogP contribution is -2.33. The Morgan fingerprint density at radius 2 is 2.33 bits per heavy atom. The molecular weight excluding hydrogens is 152 g/mol. The van der Waals surface area contributed by atoms with Gasteiger partial charge in [0.2, 0.25) is 5.96 Å². The van der Waals surface area contributed by atoms with Crippen LogP contribution in [-0.4, -0.2) is 11.7 Å². The monoisotopic (exact) mass is 164 g/mol. The van der Waals surface area contributed by atoms with Crippen molar-refractivity contribution < 1.29 is 0 Å². The summed E-state index contributed by atoms with van der Waals surface area (Å²) >= 11 is 0. The fourth-order valence-electron chi connectivity index (χ4n) is 1.77. The maximum absolute atomic E-state index is 5.16. The van der Waals surface area contributed by atoms with Gasteiger partial charge in [-0.1, -0.05) is 12.2 Å². The lowest BCUT2D eigenvalue weighted by atomic mass is 9.74. The van der Waals surface area contributed by atoms with E-state index in [9.17, 15) is 0 Å². The van der Waals surface area contributed by atoms with Crippen molar-refractivity contribution in [3.63, 3.8) is 0 Å². The zero-order valence-corrected chi connectivity index (χ0v) is 6.77. The lowest BCUT2D eigenvalue weighted by Gasteiger charge is -2.31. The Balaban J connectivity index is 2.01. The van der Waals surface area contributed by atoms with E-state index in [4.69, 9.17) is 11.5 Å². The number of hydrogen-bond donors (Lipinski definition) is 2. The second-order valence-corrected chi connectivity index (χ2v) is 3.25. The van der Waals surface area contributed by atoms with Crippen molar-refractivity contribution in [3.8, 4) is 0 Å². The number of nitrogens with two attached hydrogens (primary N) is 2. The molecule has 0 spiro atoms. The molecule has 0 aromatic rings. The minimum absolute atomic E-state index is 0.0388. The minimum Gasteiger partial charge on any atom is -0.369 e. The predicted octanol–water partition coefficient (Wildman–Crippen LogP) is 0.212. The molecule has 0 aromatic carbocycles. The van der Waals surface area contributed by atoms with Crippen molar-refractivity contribution in [2.75, 3.05) is 0 Å². The van der Waals surface area contributed by atoms with Crippen molar-refractivity contribution in [1.29, 1.82) is 0 Å². The van der Waals surface area contributed by atoms with E-state index in [1.807, 2.05) is 0 Å². The fraction of sp³-hybridized carbons (Fsp3) is 0.500. The Morgan fingerprint density at radius 1 is 1.50 bits per heavy atom. The SMILES string of the molecule is NC(N)=N/N=C1/CC2C=CCC12. The van der Waals surface area contributed by atoms with Gasteiger partial charge in [0.25, 0.3) is 0 Å². The van der Waals surface area contributed by atoms with E-state index in [2.05, 4.69) is 22.4 Å². The Morgan fingerprint density at radius 3 is 3.00 bits per heavy atom. The summed E-state index contributed by atoms with van der Waals surface area (Å²) in [4.78, 5) is 0. The zero-order chi connectivity index (χ0) is 8.55. The molecule has 2 rings (SSSR count). The van der Waals surface area contributed by atoms with Crippen LogP contribution in [0.2, 0.25) is 0 Å². The van der Waals surface area contributed by atoms with Gasteiger partial charge in [-0.25, -0.2) is 0 Å². The maximum atomic E-state index is 5.16. The predicted molar refractivity (Wildman–Crippen MR) is 48.6 cm³/mol. The minimum atomic E-state index is 0.0388. The van der Waals surface area contributed by atoms with Crippen LogP contribution >= 0.6 is 0 Å². The molecule has 0 aliphatic heterocycles. The first kappa shape index (κ1) is 7.34. The molecule has 0 aromatic heterocycles. The van der Waals surface area contributed by atoms with Gasteiger partial charge in [0.15, 0.2) is 0 Å². The Kier molecular flexibility index (Phi) is 1.60. The van der Waals surface area contributed by atoms with Crippen LogP contribution < -0.4 is 11.5 Å². The van der Waals surface area contributed by atoms with E-state index < -0.39 is 0 Å². The van der Waals surface area contributed by atoms with Crippen molar-refractivity contribution >= 4 is 11.7 Å². The van der Waals surface area contributed by atoms with Crippen molar-refractivity contribution in [2.45, 2.75) is 12.8 Å². The highest BCUT2D eigenvalue weighted by molar-refractivity contribution is 5.94. The number of hydrogen-bond acceptors (Lipinski definition) is 2. The normalized spacial score (nSPS) is 34.5. The molecule has 0 heterocycles. The molecule has 0 amide bonds. The number of nitrogens with zero attached hydrogens (tertiary/aromatic N) is 2. The van der Waals surface area contributed by atoms with Crippen LogP contribution in [0.4, 0.5) is 0 Å². The molecule has 0 saturated heterocycles. The molecule has 4 nitrogen and oxygen atoms in total. The molecule has 2 aliphatic carbocycles. The topological polar surface area (TPSA) is 76.8 Å². The summed E-state index contributed by atoms with van der Waals surface area (Å²) in [6, 6.07) is 0. The highest BCUT2D eigenvalue weighted by Crippen LogP contribution is 2.40. The lowest BCUT2D eigenvalue weighted by molar-refractivity contribution is 0.465. The average molecular weight is 164 g/mol. The van der Waals surface area contributed by atoms with Crippen molar-refractivity contribution in [2.24, 2.45) is 33.5 Å². The molecule has 12 heavy (non-hydrogen) atoms. The Hall–Kier alpha value is -1.32. The third kappa shape index (κ3) is 1.09. The zero-order valence-electron chi connectivity index (χ0n) is 6.77. The largest absolute Gasteiger partial charge is 0.369 e. The summed E-state index contributed by atoms with van der Waals surface area (Å²) < 4.78 is 0. The molecule has 1 saturated carbocycles. The standard InChI is InChI=1S/C8H12N4/c9-8(10)12-11-7-4-5-2-1-3-6(5)7/h1-2,5-6H,3-4H2,(H4,9,10,12)/b11-7-.